The molecule has 4 heteroatoms. The van der Waals surface area contributed by atoms with Gasteiger partial charge in [-0.05, 0) is 17.6 Å². The van der Waals surface area contributed by atoms with Crippen molar-refractivity contribution in [3.05, 3.63) is 24.3 Å². The average molecular weight is 220 g/mol. The highest BCUT2D eigenvalue weighted by Gasteiger charge is 2.33. The maximum absolute atomic E-state index is 5.70. The molecule has 1 aromatic rings. The third-order valence-corrected chi connectivity index (χ3v) is 2.62. The Morgan fingerprint density at radius 1 is 1.25 bits per heavy atom. The second-order valence-electron chi connectivity index (χ2n) is 4.89. The number of hydrogen-bond donors (Lipinski definition) is 0. The fraction of sp³-hybridized carbons (Fsp3) is 0.500. The van der Waals surface area contributed by atoms with Crippen LogP contribution in [0.5, 0.6) is 5.75 Å². The van der Waals surface area contributed by atoms with E-state index < -0.39 is 0 Å². The summed E-state index contributed by atoms with van der Waals surface area (Å²) in [6, 6.07) is 7.80. The van der Waals surface area contributed by atoms with E-state index in [-0.39, 0.29) is 12.5 Å². The zero-order chi connectivity index (χ0) is 11.6. The Hall–Kier alpha value is -0.995. The Kier molecular flexibility index (Phi) is 3.21. The normalized spacial score (nSPS) is 19.6. The minimum Gasteiger partial charge on any atom is -0.497 e. The van der Waals surface area contributed by atoms with E-state index >= 15 is 0 Å². The molecule has 1 aromatic carbocycles. The van der Waals surface area contributed by atoms with Gasteiger partial charge in [-0.15, -0.1) is 0 Å². The predicted molar refractivity (Wildman–Crippen MR) is 64.1 cm³/mol. The molecule has 0 atom stereocenters. The van der Waals surface area contributed by atoms with Crippen molar-refractivity contribution < 1.29 is 14.0 Å². The van der Waals surface area contributed by atoms with Crippen LogP contribution in [0.3, 0.4) is 0 Å². The summed E-state index contributed by atoms with van der Waals surface area (Å²) < 4.78 is 16.6. The number of rotatable bonds is 2. The quantitative estimate of drug-likeness (QED) is 0.706. The Bertz CT molecular complexity index is 355. The molecule has 1 aliphatic rings. The molecule has 3 nitrogen and oxygen atoms in total. The van der Waals surface area contributed by atoms with Crippen LogP contribution < -0.4 is 10.2 Å². The molecule has 16 heavy (non-hydrogen) atoms. The molecule has 1 fully saturated rings. The van der Waals surface area contributed by atoms with Crippen LogP contribution in [0.2, 0.25) is 0 Å². The Labute approximate surface area is 96.8 Å². The van der Waals surface area contributed by atoms with Gasteiger partial charge in [-0.3, -0.25) is 0 Å². The van der Waals surface area contributed by atoms with Crippen molar-refractivity contribution in [3.8, 4) is 5.75 Å². The standard InChI is InChI=1S/C12H17BO3/c1-12(2)8-15-13(16-9-12)10-5-4-6-11(7-10)14-3/h4-7H,8-9H2,1-3H3. The van der Waals surface area contributed by atoms with E-state index in [1.807, 2.05) is 24.3 Å². The first-order chi connectivity index (χ1) is 7.61. The van der Waals surface area contributed by atoms with Crippen LogP contribution in [0.25, 0.3) is 0 Å². The van der Waals surface area contributed by atoms with E-state index in [9.17, 15) is 0 Å². The first-order valence-corrected chi connectivity index (χ1v) is 5.48. The second-order valence-corrected chi connectivity index (χ2v) is 4.89. The van der Waals surface area contributed by atoms with E-state index in [2.05, 4.69) is 13.8 Å². The first kappa shape index (κ1) is 11.5. The maximum Gasteiger partial charge on any atom is 0.494 e. The van der Waals surface area contributed by atoms with Gasteiger partial charge < -0.3 is 14.0 Å². The molecule has 0 N–H and O–H groups in total. The van der Waals surface area contributed by atoms with Crippen molar-refractivity contribution in [2.45, 2.75) is 13.8 Å². The first-order valence-electron chi connectivity index (χ1n) is 5.48. The fourth-order valence-corrected chi connectivity index (χ4v) is 1.67. The fourth-order valence-electron chi connectivity index (χ4n) is 1.67. The third kappa shape index (κ3) is 2.57. The van der Waals surface area contributed by atoms with E-state index in [4.69, 9.17) is 14.0 Å². The van der Waals surface area contributed by atoms with E-state index in [1.165, 1.54) is 0 Å². The highest BCUT2D eigenvalue weighted by atomic mass is 16.6. The van der Waals surface area contributed by atoms with Gasteiger partial charge >= 0.3 is 7.12 Å². The van der Waals surface area contributed by atoms with Crippen LogP contribution in [-0.4, -0.2) is 27.4 Å². The van der Waals surface area contributed by atoms with Crippen molar-refractivity contribution >= 4 is 12.6 Å². The molecule has 1 aliphatic heterocycles. The third-order valence-electron chi connectivity index (χ3n) is 2.62. The summed E-state index contributed by atoms with van der Waals surface area (Å²) in [4.78, 5) is 0. The summed E-state index contributed by atoms with van der Waals surface area (Å²) in [7, 11) is 1.40. The van der Waals surface area contributed by atoms with Crippen LogP contribution >= 0.6 is 0 Å². The van der Waals surface area contributed by atoms with Crippen molar-refractivity contribution in [1.29, 1.82) is 0 Å². The van der Waals surface area contributed by atoms with E-state index in [0.29, 0.717) is 0 Å². The molecule has 2 rings (SSSR count). The lowest BCUT2D eigenvalue weighted by Gasteiger charge is -2.33. The SMILES string of the molecule is COc1cccc(B2OCC(C)(C)CO2)c1. The van der Waals surface area contributed by atoms with Crippen LogP contribution in [0, 0.1) is 5.41 Å². The summed E-state index contributed by atoms with van der Waals surface area (Å²) in [5.74, 6) is 0.828. The highest BCUT2D eigenvalue weighted by Crippen LogP contribution is 2.21. The molecule has 0 saturated carbocycles. The van der Waals surface area contributed by atoms with Crippen molar-refractivity contribution in [3.63, 3.8) is 0 Å². The Morgan fingerprint density at radius 3 is 2.56 bits per heavy atom. The molecule has 1 saturated heterocycles. The highest BCUT2D eigenvalue weighted by molar-refractivity contribution is 6.61. The number of hydrogen-bond acceptors (Lipinski definition) is 3. The van der Waals surface area contributed by atoms with Gasteiger partial charge in [0.15, 0.2) is 0 Å². The van der Waals surface area contributed by atoms with Gasteiger partial charge in [-0.25, -0.2) is 0 Å². The summed E-state index contributed by atoms with van der Waals surface area (Å²) in [5, 5.41) is 0. The van der Waals surface area contributed by atoms with Crippen molar-refractivity contribution in [1.82, 2.24) is 0 Å². The summed E-state index contributed by atoms with van der Waals surface area (Å²) in [5.41, 5.74) is 1.12. The predicted octanol–water partition coefficient (Wildman–Crippen LogP) is 1.46. The van der Waals surface area contributed by atoms with Gasteiger partial charge in [0.25, 0.3) is 0 Å². The lowest BCUT2D eigenvalue weighted by Crippen LogP contribution is -2.47. The molecular weight excluding hydrogens is 203 g/mol. The van der Waals surface area contributed by atoms with Gasteiger partial charge in [0.2, 0.25) is 0 Å². The molecule has 0 aromatic heterocycles. The molecule has 1 heterocycles. The minimum absolute atomic E-state index is 0.107. The summed E-state index contributed by atoms with van der Waals surface area (Å²) >= 11 is 0. The van der Waals surface area contributed by atoms with Crippen LogP contribution in [0.1, 0.15) is 13.8 Å². The number of methoxy groups -OCH3 is 1. The lowest BCUT2D eigenvalue weighted by atomic mass is 9.76. The van der Waals surface area contributed by atoms with Crippen LogP contribution in [-0.2, 0) is 9.31 Å². The molecule has 0 unspecified atom stereocenters. The molecule has 0 amide bonds. The topological polar surface area (TPSA) is 27.7 Å². The van der Waals surface area contributed by atoms with Crippen molar-refractivity contribution in [2.24, 2.45) is 5.41 Å². The second kappa shape index (κ2) is 4.48. The van der Waals surface area contributed by atoms with E-state index in [0.717, 1.165) is 24.4 Å². The van der Waals surface area contributed by atoms with Gasteiger partial charge in [0, 0.05) is 18.6 Å². The molecular formula is C12H17BO3. The van der Waals surface area contributed by atoms with Crippen LogP contribution in [0.4, 0.5) is 0 Å². The summed E-state index contributed by atoms with van der Waals surface area (Å²) in [6.45, 7) is 5.70. The summed E-state index contributed by atoms with van der Waals surface area (Å²) in [6.07, 6.45) is 0. The number of benzene rings is 1. The van der Waals surface area contributed by atoms with Crippen molar-refractivity contribution in [2.75, 3.05) is 20.3 Å². The molecule has 0 aliphatic carbocycles. The average Bonchev–Trinajstić information content (AvgIpc) is 2.29. The molecule has 0 radical (unpaired) electrons. The van der Waals surface area contributed by atoms with Gasteiger partial charge in [-0.2, -0.15) is 0 Å². The number of ether oxygens (including phenoxy) is 1. The largest absolute Gasteiger partial charge is 0.497 e. The smallest absolute Gasteiger partial charge is 0.494 e. The molecule has 0 bridgehead atoms. The van der Waals surface area contributed by atoms with Gasteiger partial charge in [0.1, 0.15) is 5.75 Å². The van der Waals surface area contributed by atoms with Crippen LogP contribution in [0.15, 0.2) is 24.3 Å². The molecule has 86 valence electrons. The van der Waals surface area contributed by atoms with Gasteiger partial charge in [-0.1, -0.05) is 26.0 Å². The van der Waals surface area contributed by atoms with E-state index in [1.54, 1.807) is 7.11 Å². The van der Waals surface area contributed by atoms with Gasteiger partial charge in [0.05, 0.1) is 7.11 Å². The monoisotopic (exact) mass is 220 g/mol. The Morgan fingerprint density at radius 2 is 1.94 bits per heavy atom. The molecule has 0 spiro atoms. The minimum atomic E-state index is -0.261. The Balaban J connectivity index is 2.08. The maximum atomic E-state index is 5.70. The zero-order valence-corrected chi connectivity index (χ0v) is 10.0. The lowest BCUT2D eigenvalue weighted by molar-refractivity contribution is 0.0343. The zero-order valence-electron chi connectivity index (χ0n) is 10.0.